The third kappa shape index (κ3) is 43.8. The van der Waals surface area contributed by atoms with Crippen molar-refractivity contribution in [3.05, 3.63) is 44.3 Å². The van der Waals surface area contributed by atoms with Gasteiger partial charge in [0.2, 0.25) is 0 Å². The summed E-state index contributed by atoms with van der Waals surface area (Å²) in [7, 11) is 0. The standard InChI is InChI=1S/C11H18O2.3CO.Fe/c1-4-13-11(12)9-7-5-6-8-10(2)3;3*1-2;/h6,8H,2,4-5,7,9H2,1,3H3;;;;/b8-6-;;;;. The summed E-state index contributed by atoms with van der Waals surface area (Å²) in [5.74, 6) is -0.105. The fourth-order valence-electron chi connectivity index (χ4n) is 0.882. The largest absolute Gasteiger partial charge is 0 e. The molecule has 0 spiro atoms. The van der Waals surface area contributed by atoms with Crippen LogP contribution in [0.5, 0.6) is 0 Å². The summed E-state index contributed by atoms with van der Waals surface area (Å²) >= 11 is 0. The van der Waals surface area contributed by atoms with Gasteiger partial charge in [-0.05, 0) is 26.7 Å². The maximum Gasteiger partial charge on any atom is 0 e. The minimum Gasteiger partial charge on any atom is 0 e. The van der Waals surface area contributed by atoms with Crippen molar-refractivity contribution in [3.63, 3.8) is 0 Å². The van der Waals surface area contributed by atoms with Gasteiger partial charge in [0, 0.05) is 23.5 Å². The number of rotatable bonds is 6. The van der Waals surface area contributed by atoms with Crippen LogP contribution in [0.15, 0.2) is 24.3 Å². The number of ether oxygens (including phenoxy) is 1. The van der Waals surface area contributed by atoms with Gasteiger partial charge in [-0.2, -0.15) is 0 Å². The second-order valence-electron chi connectivity index (χ2n) is 2.95. The molecule has 0 saturated carbocycles. The third-order valence-corrected chi connectivity index (χ3v) is 1.46. The molecule has 0 fully saturated rings. The number of carbonyl (C=O) groups is 1. The number of carbonyl (C=O) groups excluding carboxylic acids is 1. The Bertz CT molecular complexity index is 288. The summed E-state index contributed by atoms with van der Waals surface area (Å²) in [6, 6.07) is 0. The zero-order valence-electron chi connectivity index (χ0n) is 11.6. The van der Waals surface area contributed by atoms with Gasteiger partial charge in [-0.1, -0.05) is 24.3 Å². The van der Waals surface area contributed by atoms with E-state index in [9.17, 15) is 4.79 Å². The van der Waals surface area contributed by atoms with Crippen molar-refractivity contribution >= 4 is 5.97 Å². The van der Waals surface area contributed by atoms with Crippen LogP contribution in [0.1, 0.15) is 33.1 Å². The average molecular weight is 322 g/mol. The Labute approximate surface area is 131 Å². The molecule has 0 atom stereocenters. The number of hydrogen-bond donors (Lipinski definition) is 0. The van der Waals surface area contributed by atoms with Gasteiger partial charge in [0.05, 0.1) is 6.61 Å². The molecule has 0 aliphatic rings. The maximum absolute atomic E-state index is 10.9. The quantitative estimate of drug-likeness (QED) is 0.188. The second-order valence-corrected chi connectivity index (χ2v) is 2.95. The first-order valence-corrected chi connectivity index (χ1v) is 5.25. The van der Waals surface area contributed by atoms with Gasteiger partial charge in [0.25, 0.3) is 0 Å². The molecule has 0 aromatic rings. The van der Waals surface area contributed by atoms with E-state index < -0.39 is 0 Å². The van der Waals surface area contributed by atoms with Crippen LogP contribution in [0.3, 0.4) is 0 Å². The molecule has 5 nitrogen and oxygen atoms in total. The molecule has 0 aromatic carbocycles. The van der Waals surface area contributed by atoms with Gasteiger partial charge in [0.1, 0.15) is 0 Å². The van der Waals surface area contributed by atoms with Crippen molar-refractivity contribution in [2.24, 2.45) is 0 Å². The molecule has 0 aliphatic carbocycles. The van der Waals surface area contributed by atoms with Crippen molar-refractivity contribution in [1.29, 1.82) is 0 Å². The summed E-state index contributed by atoms with van der Waals surface area (Å²) < 4.78 is 27.3. The van der Waals surface area contributed by atoms with Gasteiger partial charge in [0.15, 0.2) is 0 Å². The molecule has 0 aliphatic heterocycles. The first-order valence-electron chi connectivity index (χ1n) is 5.25. The zero-order valence-corrected chi connectivity index (χ0v) is 12.7. The number of hydrogen-bond acceptors (Lipinski definition) is 2. The van der Waals surface area contributed by atoms with E-state index >= 15 is 0 Å². The smallest absolute Gasteiger partial charge is 0 e. The van der Waals surface area contributed by atoms with Crippen LogP contribution in [0, 0.1) is 20.0 Å². The second kappa shape index (κ2) is 36.1. The van der Waals surface area contributed by atoms with Crippen molar-refractivity contribution in [2.75, 3.05) is 6.61 Å². The molecule has 0 unspecified atom stereocenters. The van der Waals surface area contributed by atoms with Crippen molar-refractivity contribution in [1.82, 2.24) is 0 Å². The molecule has 6 heteroatoms. The Morgan fingerprint density at radius 2 is 1.65 bits per heavy atom. The Balaban J connectivity index is -0.0000000940. The van der Waals surface area contributed by atoms with Crippen LogP contribution in [0.4, 0.5) is 0 Å². The van der Waals surface area contributed by atoms with Crippen molar-refractivity contribution in [2.45, 2.75) is 33.1 Å². The molecule has 0 saturated heterocycles. The summed E-state index contributed by atoms with van der Waals surface area (Å²) in [4.78, 5) is 10.9. The molecule has 0 radical (unpaired) electrons. The molecule has 0 bridgehead atoms. The molecule has 112 valence electrons. The summed E-state index contributed by atoms with van der Waals surface area (Å²) in [6.45, 7) is 21.5. The normalized spacial score (nSPS) is 7.00. The van der Waals surface area contributed by atoms with E-state index in [1.54, 1.807) is 0 Å². The maximum atomic E-state index is 10.9. The minimum atomic E-state index is -0.105. The molecular weight excluding hydrogens is 304 g/mol. The van der Waals surface area contributed by atoms with Crippen LogP contribution in [-0.2, 0) is 40.6 Å². The number of esters is 1. The topological polar surface area (TPSA) is 86.0 Å². The Kier molecular flexibility index (Phi) is 56.3. The monoisotopic (exact) mass is 322 g/mol. The van der Waals surface area contributed by atoms with Crippen LogP contribution in [0.25, 0.3) is 0 Å². The van der Waals surface area contributed by atoms with Gasteiger partial charge in [-0.15, -0.1) is 0 Å². The molecule has 0 N–H and O–H groups in total. The van der Waals surface area contributed by atoms with E-state index in [1.165, 1.54) is 0 Å². The summed E-state index contributed by atoms with van der Waals surface area (Å²) in [6.07, 6.45) is 6.26. The zero-order chi connectivity index (χ0) is 16.1. The Morgan fingerprint density at radius 1 is 1.20 bits per heavy atom. The predicted octanol–water partition coefficient (Wildman–Crippen LogP) is 2.74. The first kappa shape index (κ1) is 31.2. The van der Waals surface area contributed by atoms with Crippen LogP contribution in [0.2, 0.25) is 0 Å². The number of allylic oxidation sites excluding steroid dienone is 3. The predicted molar refractivity (Wildman–Crippen MR) is 66.2 cm³/mol. The number of unbranched alkanes of at least 4 members (excludes halogenated alkanes) is 1. The molecule has 0 amide bonds. The molecule has 0 aromatic heterocycles. The van der Waals surface area contributed by atoms with Crippen LogP contribution < -0.4 is 0 Å². The van der Waals surface area contributed by atoms with E-state index in [-0.39, 0.29) is 23.0 Å². The molecule has 20 heavy (non-hydrogen) atoms. The van der Waals surface area contributed by atoms with Gasteiger partial charge in [-0.25, -0.2) is 0 Å². The van der Waals surface area contributed by atoms with Crippen molar-refractivity contribution in [3.8, 4) is 0 Å². The molecule has 0 heterocycles. The van der Waals surface area contributed by atoms with Gasteiger partial charge in [-0.3, -0.25) is 4.79 Å². The van der Waals surface area contributed by atoms with Crippen LogP contribution in [-0.4, -0.2) is 12.6 Å². The van der Waals surface area contributed by atoms with E-state index in [0.717, 1.165) is 18.4 Å². The van der Waals surface area contributed by atoms with Gasteiger partial charge >= 0.3 is 39.9 Å². The van der Waals surface area contributed by atoms with Gasteiger partial charge < -0.3 is 4.74 Å². The van der Waals surface area contributed by atoms with E-state index in [4.69, 9.17) is 18.7 Å². The Hall–Kier alpha value is -1.31. The molecule has 0 rings (SSSR count). The third-order valence-electron chi connectivity index (χ3n) is 1.46. The molecular formula is C14H18FeO5. The van der Waals surface area contributed by atoms with Crippen molar-refractivity contribution < 1.29 is 40.6 Å². The minimum absolute atomic E-state index is 0. The average Bonchev–Trinajstić information content (AvgIpc) is 2.45. The van der Waals surface area contributed by atoms with E-state index in [1.807, 2.05) is 26.0 Å². The van der Waals surface area contributed by atoms with Crippen LogP contribution >= 0.6 is 0 Å². The Morgan fingerprint density at radius 3 is 2.00 bits per heavy atom. The first-order chi connectivity index (χ1) is 9.16. The van der Waals surface area contributed by atoms with E-state index in [0.29, 0.717) is 13.0 Å². The SMILES string of the molecule is C=C(C)/C=C\CCCC(=O)OCC.[C-]#[O+].[C-]#[O+].[C-]#[O+].[Fe]. The summed E-state index contributed by atoms with van der Waals surface area (Å²) in [5.41, 5.74) is 1.04. The van der Waals surface area contributed by atoms with E-state index in [2.05, 4.69) is 26.5 Å². The summed E-state index contributed by atoms with van der Waals surface area (Å²) in [5, 5.41) is 0. The fourth-order valence-corrected chi connectivity index (χ4v) is 0.882. The fraction of sp³-hybridized carbons (Fsp3) is 0.429.